The molecule has 2 aromatic carbocycles. The monoisotopic (exact) mass is 377 g/mol. The summed E-state index contributed by atoms with van der Waals surface area (Å²) >= 11 is 0. The number of amides is 1. The fourth-order valence-electron chi connectivity index (χ4n) is 3.69. The number of ether oxygens (including phenoxy) is 1. The van der Waals surface area contributed by atoms with Crippen molar-refractivity contribution in [1.29, 1.82) is 0 Å². The fraction of sp³-hybridized carbons (Fsp3) is 0.238. The topological polar surface area (TPSA) is 92.6 Å². The van der Waals surface area contributed by atoms with Gasteiger partial charge in [-0.05, 0) is 35.9 Å². The predicted octanol–water partition coefficient (Wildman–Crippen LogP) is 2.58. The number of nitrogens with zero attached hydrogens (tertiary/aromatic N) is 3. The number of carboxylic acid groups (broad SMARTS) is 1. The van der Waals surface area contributed by atoms with Crippen LogP contribution in [-0.2, 0) is 4.79 Å². The summed E-state index contributed by atoms with van der Waals surface area (Å²) in [4.78, 5) is 34.8. The van der Waals surface area contributed by atoms with E-state index < -0.39 is 11.9 Å². The van der Waals surface area contributed by atoms with Crippen molar-refractivity contribution in [1.82, 2.24) is 14.9 Å². The highest BCUT2D eigenvalue weighted by molar-refractivity contribution is 5.97. The molecule has 7 nitrogen and oxygen atoms in total. The van der Waals surface area contributed by atoms with Gasteiger partial charge in [0, 0.05) is 37.0 Å². The van der Waals surface area contributed by atoms with E-state index in [9.17, 15) is 14.7 Å². The lowest BCUT2D eigenvalue weighted by Crippen LogP contribution is -2.29. The number of benzene rings is 2. The molecule has 0 aliphatic carbocycles. The number of likely N-dealkylation sites (tertiary alicyclic amines) is 1. The Kier molecular flexibility index (Phi) is 4.65. The summed E-state index contributed by atoms with van der Waals surface area (Å²) < 4.78 is 5.17. The highest BCUT2D eigenvalue weighted by atomic mass is 16.5. The Bertz CT molecular complexity index is 1040. The van der Waals surface area contributed by atoms with Gasteiger partial charge in [0.05, 0.1) is 24.1 Å². The Balaban J connectivity index is 1.60. The van der Waals surface area contributed by atoms with Crippen LogP contribution in [0.25, 0.3) is 11.0 Å². The van der Waals surface area contributed by atoms with Crippen LogP contribution in [0.15, 0.2) is 54.9 Å². The normalized spacial score (nSPS) is 19.0. The third-order valence-corrected chi connectivity index (χ3v) is 5.18. The van der Waals surface area contributed by atoms with Crippen LogP contribution in [-0.4, -0.2) is 52.1 Å². The van der Waals surface area contributed by atoms with Crippen LogP contribution in [0.3, 0.4) is 0 Å². The Morgan fingerprint density at radius 2 is 1.75 bits per heavy atom. The van der Waals surface area contributed by atoms with E-state index in [4.69, 9.17) is 4.74 Å². The zero-order chi connectivity index (χ0) is 19.7. The van der Waals surface area contributed by atoms with Gasteiger partial charge in [0.15, 0.2) is 0 Å². The fourth-order valence-corrected chi connectivity index (χ4v) is 3.69. The molecule has 0 unspecified atom stereocenters. The van der Waals surface area contributed by atoms with E-state index in [0.717, 1.165) is 5.56 Å². The van der Waals surface area contributed by atoms with Gasteiger partial charge in [-0.1, -0.05) is 12.1 Å². The molecular weight excluding hydrogens is 358 g/mol. The number of carbonyl (C=O) groups excluding carboxylic acids is 1. The number of aromatic nitrogens is 2. The molecule has 142 valence electrons. The van der Waals surface area contributed by atoms with Crippen molar-refractivity contribution < 1.29 is 19.4 Å². The van der Waals surface area contributed by atoms with Gasteiger partial charge < -0.3 is 14.7 Å². The smallest absolute Gasteiger partial charge is 0.308 e. The van der Waals surface area contributed by atoms with Gasteiger partial charge in [0.1, 0.15) is 5.75 Å². The summed E-state index contributed by atoms with van der Waals surface area (Å²) in [5.74, 6) is -1.32. The second-order valence-corrected chi connectivity index (χ2v) is 6.79. The first-order chi connectivity index (χ1) is 13.6. The molecular formula is C21H19N3O4. The number of hydrogen-bond acceptors (Lipinski definition) is 5. The quantitative estimate of drug-likeness (QED) is 0.751. The van der Waals surface area contributed by atoms with E-state index in [-0.39, 0.29) is 18.4 Å². The number of carbonyl (C=O) groups is 2. The highest BCUT2D eigenvalue weighted by Gasteiger charge is 2.40. The largest absolute Gasteiger partial charge is 0.497 e. The minimum Gasteiger partial charge on any atom is -0.497 e. The number of aliphatic carboxylic acids is 1. The number of methoxy groups -OCH3 is 1. The van der Waals surface area contributed by atoms with E-state index >= 15 is 0 Å². The molecule has 1 N–H and O–H groups in total. The van der Waals surface area contributed by atoms with Gasteiger partial charge in [-0.25, -0.2) is 0 Å². The zero-order valence-corrected chi connectivity index (χ0v) is 15.3. The van der Waals surface area contributed by atoms with Crippen molar-refractivity contribution in [3.63, 3.8) is 0 Å². The first-order valence-corrected chi connectivity index (χ1v) is 8.93. The Morgan fingerprint density at radius 1 is 1.04 bits per heavy atom. The second kappa shape index (κ2) is 7.26. The molecule has 7 heteroatoms. The van der Waals surface area contributed by atoms with Crippen LogP contribution in [0.4, 0.5) is 0 Å². The van der Waals surface area contributed by atoms with Gasteiger partial charge >= 0.3 is 5.97 Å². The first kappa shape index (κ1) is 17.9. The predicted molar refractivity (Wildman–Crippen MR) is 102 cm³/mol. The molecule has 1 amide bonds. The van der Waals surface area contributed by atoms with Crippen LogP contribution in [0.5, 0.6) is 5.75 Å². The van der Waals surface area contributed by atoms with Gasteiger partial charge in [-0.15, -0.1) is 0 Å². The Morgan fingerprint density at radius 3 is 2.43 bits per heavy atom. The summed E-state index contributed by atoms with van der Waals surface area (Å²) in [6, 6.07) is 12.5. The van der Waals surface area contributed by atoms with E-state index in [1.165, 1.54) is 0 Å². The molecule has 4 rings (SSSR count). The van der Waals surface area contributed by atoms with Crippen LogP contribution in [0, 0.1) is 5.92 Å². The summed E-state index contributed by atoms with van der Waals surface area (Å²) in [6.45, 7) is 0.518. The van der Waals surface area contributed by atoms with E-state index in [1.54, 1.807) is 54.7 Å². The van der Waals surface area contributed by atoms with Crippen LogP contribution in [0.1, 0.15) is 21.8 Å². The Hall–Kier alpha value is -3.48. The number of carboxylic acids is 1. The minimum absolute atomic E-state index is 0.170. The molecule has 28 heavy (non-hydrogen) atoms. The van der Waals surface area contributed by atoms with Crippen LogP contribution >= 0.6 is 0 Å². The van der Waals surface area contributed by atoms with E-state index in [0.29, 0.717) is 28.9 Å². The maximum atomic E-state index is 13.0. The highest BCUT2D eigenvalue weighted by Crippen LogP contribution is 2.34. The van der Waals surface area contributed by atoms with Gasteiger partial charge in [0.2, 0.25) is 0 Å². The van der Waals surface area contributed by atoms with Crippen LogP contribution < -0.4 is 4.74 Å². The first-order valence-electron chi connectivity index (χ1n) is 8.93. The molecule has 1 fully saturated rings. The Labute approximate surface area is 161 Å². The molecule has 3 aromatic rings. The van der Waals surface area contributed by atoms with Crippen molar-refractivity contribution in [2.24, 2.45) is 5.92 Å². The molecule has 0 radical (unpaired) electrons. The third kappa shape index (κ3) is 3.26. The molecule has 1 saturated heterocycles. The molecule has 2 heterocycles. The summed E-state index contributed by atoms with van der Waals surface area (Å²) in [5.41, 5.74) is 2.70. The van der Waals surface area contributed by atoms with Crippen LogP contribution in [0.2, 0.25) is 0 Å². The third-order valence-electron chi connectivity index (χ3n) is 5.18. The van der Waals surface area contributed by atoms with Gasteiger partial charge in [-0.3, -0.25) is 19.6 Å². The van der Waals surface area contributed by atoms with Crippen molar-refractivity contribution in [2.75, 3.05) is 20.2 Å². The molecule has 1 aromatic heterocycles. The van der Waals surface area contributed by atoms with Gasteiger partial charge in [-0.2, -0.15) is 0 Å². The van der Waals surface area contributed by atoms with E-state index in [2.05, 4.69) is 9.97 Å². The zero-order valence-electron chi connectivity index (χ0n) is 15.3. The van der Waals surface area contributed by atoms with E-state index in [1.807, 2.05) is 12.1 Å². The van der Waals surface area contributed by atoms with Crippen molar-refractivity contribution >= 4 is 22.9 Å². The number of hydrogen-bond donors (Lipinski definition) is 1. The van der Waals surface area contributed by atoms with Gasteiger partial charge in [0.25, 0.3) is 5.91 Å². The molecule has 1 aliphatic rings. The lowest BCUT2D eigenvalue weighted by Gasteiger charge is -2.17. The van der Waals surface area contributed by atoms with Crippen molar-refractivity contribution in [3.8, 4) is 5.75 Å². The maximum absolute atomic E-state index is 13.0. The average Bonchev–Trinajstić information content (AvgIpc) is 3.19. The number of fused-ring (bicyclic) bond motifs is 1. The molecule has 0 saturated carbocycles. The maximum Gasteiger partial charge on any atom is 0.308 e. The van der Waals surface area contributed by atoms with Crippen molar-refractivity contribution in [3.05, 3.63) is 66.0 Å². The lowest BCUT2D eigenvalue weighted by molar-refractivity contribution is -0.141. The summed E-state index contributed by atoms with van der Waals surface area (Å²) in [6.07, 6.45) is 3.17. The summed E-state index contributed by atoms with van der Waals surface area (Å²) in [7, 11) is 1.58. The van der Waals surface area contributed by atoms with Crippen molar-refractivity contribution in [2.45, 2.75) is 5.92 Å². The average molecular weight is 377 g/mol. The molecule has 0 bridgehead atoms. The number of rotatable bonds is 4. The SMILES string of the molecule is COc1ccc([C@@H]2CN(C(=O)c3ccc4nccnc4c3)C[C@H]2C(=O)O)cc1. The standard InChI is InChI=1S/C21H19N3O4/c1-28-15-5-2-13(3-6-15)16-11-24(12-17(16)21(26)27)20(25)14-4-7-18-19(10-14)23-9-8-22-18/h2-10,16-17H,11-12H2,1H3,(H,26,27)/t16-,17+/m0/s1. The lowest BCUT2D eigenvalue weighted by atomic mass is 9.89. The molecule has 1 aliphatic heterocycles. The minimum atomic E-state index is -0.902. The molecule has 2 atom stereocenters. The molecule has 0 spiro atoms. The second-order valence-electron chi connectivity index (χ2n) is 6.79. The summed E-state index contributed by atoms with van der Waals surface area (Å²) in [5, 5.41) is 9.68.